The maximum Gasteiger partial charge on any atom is 0.309 e. The summed E-state index contributed by atoms with van der Waals surface area (Å²) >= 11 is 0. The van der Waals surface area contributed by atoms with Crippen LogP contribution in [-0.2, 0) is 24.0 Å². The molecule has 2 saturated carbocycles. The fraction of sp³-hybridized carbons (Fsp3) is 0.913. The molecule has 1 N–H and O–H groups in total. The van der Waals surface area contributed by atoms with Crippen molar-refractivity contribution in [2.24, 2.45) is 17.8 Å². The van der Waals surface area contributed by atoms with Crippen molar-refractivity contribution in [3.8, 4) is 0 Å². The Bertz CT molecular complexity index is 519. The summed E-state index contributed by atoms with van der Waals surface area (Å²) in [5, 5.41) is 9.71. The van der Waals surface area contributed by atoms with E-state index in [1.54, 1.807) is 0 Å². The average molecular weight is 413 g/mol. The Morgan fingerprint density at radius 3 is 2.07 bits per heavy atom. The topological polar surface area (TPSA) is 82.1 Å². The molecule has 2 rings (SSSR count). The van der Waals surface area contributed by atoms with Crippen molar-refractivity contribution in [3.63, 3.8) is 0 Å². The number of esters is 2. The molecular weight excluding hydrogens is 372 g/mol. The van der Waals surface area contributed by atoms with Gasteiger partial charge in [0.25, 0.3) is 0 Å². The van der Waals surface area contributed by atoms with E-state index in [-0.39, 0.29) is 29.9 Å². The van der Waals surface area contributed by atoms with Crippen molar-refractivity contribution in [1.82, 2.24) is 0 Å². The van der Waals surface area contributed by atoms with Crippen LogP contribution in [0, 0.1) is 17.8 Å². The van der Waals surface area contributed by atoms with Crippen LogP contribution in [0.3, 0.4) is 0 Å². The van der Waals surface area contributed by atoms with Gasteiger partial charge in [0, 0.05) is 13.3 Å². The molecule has 3 unspecified atom stereocenters. The molecule has 0 aromatic rings. The first kappa shape index (κ1) is 24.1. The van der Waals surface area contributed by atoms with Crippen molar-refractivity contribution >= 4 is 11.9 Å². The lowest BCUT2D eigenvalue weighted by Gasteiger charge is -2.38. The van der Waals surface area contributed by atoms with E-state index >= 15 is 0 Å². The van der Waals surface area contributed by atoms with Gasteiger partial charge >= 0.3 is 11.9 Å². The van der Waals surface area contributed by atoms with Crippen LogP contribution in [0.4, 0.5) is 0 Å². The van der Waals surface area contributed by atoms with Crippen molar-refractivity contribution in [1.29, 1.82) is 0 Å². The van der Waals surface area contributed by atoms with Gasteiger partial charge in [0.05, 0.1) is 12.0 Å². The van der Waals surface area contributed by atoms with Crippen LogP contribution in [0.25, 0.3) is 0 Å². The predicted octanol–water partition coefficient (Wildman–Crippen LogP) is 5.28. The fourth-order valence-electron chi connectivity index (χ4n) is 5.18. The highest BCUT2D eigenvalue weighted by Crippen LogP contribution is 2.37. The van der Waals surface area contributed by atoms with Gasteiger partial charge < -0.3 is 9.47 Å². The highest BCUT2D eigenvalue weighted by Gasteiger charge is 2.42. The van der Waals surface area contributed by atoms with Gasteiger partial charge in [-0.3, -0.25) is 14.8 Å². The van der Waals surface area contributed by atoms with Crippen LogP contribution in [0.5, 0.6) is 0 Å². The Morgan fingerprint density at radius 1 is 1.00 bits per heavy atom. The van der Waals surface area contributed by atoms with E-state index < -0.39 is 17.6 Å². The molecule has 0 bridgehead atoms. The minimum atomic E-state index is -0.803. The standard InChI is InChI=1S/C23H40O6/c1-16(21(29-26)18-11-7-5-8-12-18)20(15-23(3,4)28-17(2)24)22(25)27-19-13-9-6-10-14-19/h16,18-21,26H,5-15H2,1-4H3. The van der Waals surface area contributed by atoms with E-state index in [0.717, 1.165) is 51.4 Å². The molecule has 0 heterocycles. The molecule has 2 fully saturated rings. The highest BCUT2D eigenvalue weighted by atomic mass is 17.1. The molecule has 0 aromatic heterocycles. The van der Waals surface area contributed by atoms with Crippen LogP contribution in [0.1, 0.15) is 98.3 Å². The summed E-state index contributed by atoms with van der Waals surface area (Å²) in [6.07, 6.45) is 10.5. The Balaban J connectivity index is 2.16. The second-order valence-corrected chi connectivity index (χ2v) is 9.69. The number of carbonyl (C=O) groups excluding carboxylic acids is 2. The van der Waals surface area contributed by atoms with Crippen LogP contribution in [0.2, 0.25) is 0 Å². The molecule has 2 aliphatic carbocycles. The molecule has 168 valence electrons. The van der Waals surface area contributed by atoms with E-state index in [4.69, 9.17) is 14.4 Å². The molecule has 0 amide bonds. The van der Waals surface area contributed by atoms with Gasteiger partial charge in [-0.15, -0.1) is 0 Å². The summed E-state index contributed by atoms with van der Waals surface area (Å²) in [6.45, 7) is 6.96. The van der Waals surface area contributed by atoms with Crippen LogP contribution in [0.15, 0.2) is 0 Å². The number of carbonyl (C=O) groups is 2. The second-order valence-electron chi connectivity index (χ2n) is 9.69. The van der Waals surface area contributed by atoms with Crippen LogP contribution >= 0.6 is 0 Å². The normalized spacial score (nSPS) is 22.5. The van der Waals surface area contributed by atoms with Crippen molar-refractivity contribution in [2.45, 2.75) is 116 Å². The smallest absolute Gasteiger partial charge is 0.309 e. The lowest BCUT2D eigenvalue weighted by Crippen LogP contribution is -2.43. The zero-order valence-corrected chi connectivity index (χ0v) is 18.7. The first-order valence-corrected chi connectivity index (χ1v) is 11.4. The second kappa shape index (κ2) is 11.3. The van der Waals surface area contributed by atoms with E-state index in [0.29, 0.717) is 6.42 Å². The van der Waals surface area contributed by atoms with Crippen molar-refractivity contribution in [2.75, 3.05) is 0 Å². The summed E-state index contributed by atoms with van der Waals surface area (Å²) < 4.78 is 11.4. The molecule has 0 aromatic carbocycles. The van der Waals surface area contributed by atoms with Gasteiger partial charge in [0.15, 0.2) is 0 Å². The average Bonchev–Trinajstić information content (AvgIpc) is 2.67. The minimum absolute atomic E-state index is 0.0361. The molecule has 0 radical (unpaired) electrons. The van der Waals surface area contributed by atoms with E-state index in [2.05, 4.69) is 0 Å². The lowest BCUT2D eigenvalue weighted by atomic mass is 9.74. The number of hydrogen-bond acceptors (Lipinski definition) is 6. The first-order chi connectivity index (χ1) is 13.7. The highest BCUT2D eigenvalue weighted by molar-refractivity contribution is 5.73. The molecule has 0 aliphatic heterocycles. The van der Waals surface area contributed by atoms with Gasteiger partial charge in [-0.2, -0.15) is 0 Å². The molecule has 6 heteroatoms. The number of rotatable bonds is 9. The van der Waals surface area contributed by atoms with E-state index in [1.165, 1.54) is 19.8 Å². The molecule has 29 heavy (non-hydrogen) atoms. The van der Waals surface area contributed by atoms with Crippen LogP contribution < -0.4 is 0 Å². The minimum Gasteiger partial charge on any atom is -0.462 e. The Morgan fingerprint density at radius 2 is 1.55 bits per heavy atom. The molecule has 0 spiro atoms. The zero-order valence-electron chi connectivity index (χ0n) is 18.7. The molecular formula is C23H40O6. The largest absolute Gasteiger partial charge is 0.462 e. The number of ether oxygens (including phenoxy) is 2. The zero-order chi connectivity index (χ0) is 21.4. The third-order valence-corrected chi connectivity index (χ3v) is 6.66. The molecule has 2 aliphatic rings. The Labute approximate surface area is 175 Å². The van der Waals surface area contributed by atoms with Crippen LogP contribution in [-0.4, -0.2) is 35.0 Å². The maximum absolute atomic E-state index is 13.2. The van der Waals surface area contributed by atoms with Gasteiger partial charge in [-0.1, -0.05) is 32.6 Å². The molecule has 0 saturated heterocycles. The summed E-state index contributed by atoms with van der Waals surface area (Å²) in [5.41, 5.74) is -0.803. The summed E-state index contributed by atoms with van der Waals surface area (Å²) in [7, 11) is 0. The predicted molar refractivity (Wildman–Crippen MR) is 110 cm³/mol. The third kappa shape index (κ3) is 7.56. The summed E-state index contributed by atoms with van der Waals surface area (Å²) in [4.78, 5) is 29.7. The third-order valence-electron chi connectivity index (χ3n) is 6.66. The SMILES string of the molecule is CC(=O)OC(C)(C)CC(C(=O)OC1CCCCC1)C(C)C(OO)C1CCCCC1. The summed E-state index contributed by atoms with van der Waals surface area (Å²) in [6, 6.07) is 0. The van der Waals surface area contributed by atoms with Gasteiger partial charge in [0.2, 0.25) is 0 Å². The number of hydrogen-bond donors (Lipinski definition) is 1. The van der Waals surface area contributed by atoms with Crippen molar-refractivity contribution < 1.29 is 29.2 Å². The maximum atomic E-state index is 13.2. The van der Waals surface area contributed by atoms with Gasteiger partial charge in [-0.25, -0.2) is 4.89 Å². The van der Waals surface area contributed by atoms with Gasteiger partial charge in [-0.05, 0) is 64.2 Å². The Hall–Kier alpha value is -1.14. The molecule has 6 nitrogen and oxygen atoms in total. The lowest BCUT2D eigenvalue weighted by molar-refractivity contribution is -0.307. The first-order valence-electron chi connectivity index (χ1n) is 11.4. The van der Waals surface area contributed by atoms with E-state index in [1.807, 2.05) is 20.8 Å². The monoisotopic (exact) mass is 412 g/mol. The van der Waals surface area contributed by atoms with E-state index in [9.17, 15) is 14.8 Å². The fourth-order valence-corrected chi connectivity index (χ4v) is 5.18. The quantitative estimate of drug-likeness (QED) is 0.315. The molecule has 3 atom stereocenters. The summed E-state index contributed by atoms with van der Waals surface area (Å²) in [5.74, 6) is -1.16. The van der Waals surface area contributed by atoms with Crippen molar-refractivity contribution in [3.05, 3.63) is 0 Å². The Kier molecular flexibility index (Phi) is 9.41. The van der Waals surface area contributed by atoms with Gasteiger partial charge in [0.1, 0.15) is 11.7 Å².